The molecule has 0 bridgehead atoms. The molecule has 2 rings (SSSR count). The van der Waals surface area contributed by atoms with Gasteiger partial charge in [-0.15, -0.1) is 0 Å². The van der Waals surface area contributed by atoms with E-state index in [1.54, 1.807) is 6.07 Å². The summed E-state index contributed by atoms with van der Waals surface area (Å²) in [5, 5.41) is 2.89. The van der Waals surface area contributed by atoms with E-state index in [0.717, 1.165) is 31.1 Å². The van der Waals surface area contributed by atoms with Gasteiger partial charge < -0.3 is 11.1 Å². The molecule has 0 spiro atoms. The number of amides is 1. The minimum Gasteiger partial charge on any atom is -0.398 e. The highest BCUT2D eigenvalue weighted by Crippen LogP contribution is 2.21. The van der Waals surface area contributed by atoms with Crippen LogP contribution in [-0.4, -0.2) is 29.9 Å². The summed E-state index contributed by atoms with van der Waals surface area (Å²) in [6, 6.07) is 5.78. The van der Waals surface area contributed by atoms with Crippen LogP contribution in [0.25, 0.3) is 0 Å². The largest absolute Gasteiger partial charge is 0.398 e. The maximum absolute atomic E-state index is 12.0. The number of nitrogens with two attached hydrogens (primary N) is 1. The molecule has 1 aromatic rings. The third-order valence-corrected chi connectivity index (χ3v) is 4.10. The predicted molar refractivity (Wildman–Crippen MR) is 87.1 cm³/mol. The normalized spacial score (nSPS) is 17.1. The maximum Gasteiger partial charge on any atom is 0.251 e. The van der Waals surface area contributed by atoms with Crippen LogP contribution in [0, 0.1) is 5.92 Å². The molecule has 4 nitrogen and oxygen atoms in total. The van der Waals surface area contributed by atoms with Crippen LogP contribution in [0.15, 0.2) is 18.2 Å². The Morgan fingerprint density at radius 3 is 2.62 bits per heavy atom. The summed E-state index contributed by atoms with van der Waals surface area (Å²) in [5.41, 5.74) is 8.59. The topological polar surface area (TPSA) is 58.4 Å². The second kappa shape index (κ2) is 6.94. The molecule has 1 amide bonds. The minimum atomic E-state index is -0.0601. The van der Waals surface area contributed by atoms with Gasteiger partial charge in [-0.3, -0.25) is 9.69 Å². The van der Waals surface area contributed by atoms with Crippen molar-refractivity contribution in [2.24, 2.45) is 5.92 Å². The summed E-state index contributed by atoms with van der Waals surface area (Å²) in [6.07, 6.45) is 2.52. The van der Waals surface area contributed by atoms with E-state index < -0.39 is 0 Å². The quantitative estimate of drug-likeness (QED) is 0.838. The Balaban J connectivity index is 2.00. The molecule has 116 valence electrons. The van der Waals surface area contributed by atoms with Crippen LogP contribution in [0.2, 0.25) is 0 Å². The van der Waals surface area contributed by atoms with Crippen LogP contribution in [0.1, 0.15) is 49.5 Å². The van der Waals surface area contributed by atoms with Gasteiger partial charge in [-0.25, -0.2) is 0 Å². The van der Waals surface area contributed by atoms with Crippen molar-refractivity contribution in [3.05, 3.63) is 29.3 Å². The zero-order valence-corrected chi connectivity index (χ0v) is 13.4. The van der Waals surface area contributed by atoms with E-state index in [4.69, 9.17) is 5.73 Å². The molecular weight excluding hydrogens is 262 g/mol. The highest BCUT2D eigenvalue weighted by molar-refractivity contribution is 5.95. The Labute approximate surface area is 127 Å². The number of hydrogen-bond acceptors (Lipinski definition) is 3. The maximum atomic E-state index is 12.0. The van der Waals surface area contributed by atoms with Crippen molar-refractivity contribution in [1.29, 1.82) is 0 Å². The lowest BCUT2D eigenvalue weighted by Crippen LogP contribution is -2.32. The van der Waals surface area contributed by atoms with Crippen molar-refractivity contribution >= 4 is 11.6 Å². The molecule has 0 unspecified atom stereocenters. The minimum absolute atomic E-state index is 0.0601. The second-order valence-corrected chi connectivity index (χ2v) is 6.50. The molecule has 4 heteroatoms. The Morgan fingerprint density at radius 1 is 1.38 bits per heavy atom. The molecule has 1 aliphatic heterocycles. The number of piperidine rings is 1. The lowest BCUT2D eigenvalue weighted by atomic mass is 9.98. The number of nitrogen functional groups attached to an aromatic ring is 1. The molecule has 0 aliphatic carbocycles. The summed E-state index contributed by atoms with van der Waals surface area (Å²) in [5.74, 6) is 0.774. The fourth-order valence-electron chi connectivity index (χ4n) is 2.69. The first kappa shape index (κ1) is 15.8. The molecule has 0 atom stereocenters. The highest BCUT2D eigenvalue weighted by atomic mass is 16.1. The molecule has 0 aromatic heterocycles. The average molecular weight is 289 g/mol. The number of anilines is 1. The Kier molecular flexibility index (Phi) is 5.23. The van der Waals surface area contributed by atoms with Crippen LogP contribution in [0.4, 0.5) is 5.69 Å². The first-order valence-electron chi connectivity index (χ1n) is 7.87. The van der Waals surface area contributed by atoms with Crippen molar-refractivity contribution in [3.63, 3.8) is 0 Å². The highest BCUT2D eigenvalue weighted by Gasteiger charge is 2.17. The SMILES string of the molecule is CC1CCN(Cc2ccc(C(=O)NC(C)C)cc2N)CC1. The second-order valence-electron chi connectivity index (χ2n) is 6.50. The molecule has 1 saturated heterocycles. The molecule has 1 aromatic carbocycles. The lowest BCUT2D eigenvalue weighted by molar-refractivity contribution is 0.0943. The van der Waals surface area contributed by atoms with Crippen LogP contribution in [0.3, 0.4) is 0 Å². The zero-order valence-electron chi connectivity index (χ0n) is 13.4. The number of benzene rings is 1. The number of carbonyl (C=O) groups excluding carboxylic acids is 1. The summed E-state index contributed by atoms with van der Waals surface area (Å²) in [6.45, 7) is 9.37. The van der Waals surface area contributed by atoms with E-state index in [9.17, 15) is 4.79 Å². The van der Waals surface area contributed by atoms with Gasteiger partial charge in [0.2, 0.25) is 0 Å². The first-order valence-corrected chi connectivity index (χ1v) is 7.87. The Bertz CT molecular complexity index is 491. The summed E-state index contributed by atoms with van der Waals surface area (Å²) in [4.78, 5) is 14.4. The van der Waals surface area contributed by atoms with Gasteiger partial charge in [0.25, 0.3) is 5.91 Å². The van der Waals surface area contributed by atoms with Gasteiger partial charge in [-0.05, 0) is 63.4 Å². The van der Waals surface area contributed by atoms with Gasteiger partial charge >= 0.3 is 0 Å². The van der Waals surface area contributed by atoms with Gasteiger partial charge in [0.1, 0.15) is 0 Å². The van der Waals surface area contributed by atoms with E-state index in [-0.39, 0.29) is 11.9 Å². The summed E-state index contributed by atoms with van der Waals surface area (Å²) >= 11 is 0. The third-order valence-electron chi connectivity index (χ3n) is 4.10. The number of nitrogens with zero attached hydrogens (tertiary/aromatic N) is 1. The first-order chi connectivity index (χ1) is 9.95. The van der Waals surface area contributed by atoms with E-state index in [0.29, 0.717) is 11.3 Å². The summed E-state index contributed by atoms with van der Waals surface area (Å²) < 4.78 is 0. The van der Waals surface area contributed by atoms with E-state index in [2.05, 4.69) is 17.1 Å². The molecule has 21 heavy (non-hydrogen) atoms. The number of carbonyl (C=O) groups is 1. The monoisotopic (exact) mass is 289 g/mol. The molecule has 1 fully saturated rings. The van der Waals surface area contributed by atoms with Crippen molar-refractivity contribution in [2.75, 3.05) is 18.8 Å². The molecule has 0 saturated carbocycles. The third kappa shape index (κ3) is 4.46. The molecule has 1 heterocycles. The van der Waals surface area contributed by atoms with Crippen molar-refractivity contribution < 1.29 is 4.79 Å². The van der Waals surface area contributed by atoms with Gasteiger partial charge in [0, 0.05) is 23.8 Å². The molecule has 0 radical (unpaired) electrons. The number of hydrogen-bond donors (Lipinski definition) is 2. The molecular formula is C17H27N3O. The van der Waals surface area contributed by atoms with Crippen LogP contribution in [0.5, 0.6) is 0 Å². The van der Waals surface area contributed by atoms with Crippen molar-refractivity contribution in [2.45, 2.75) is 46.2 Å². The molecule has 3 N–H and O–H groups in total. The van der Waals surface area contributed by atoms with Gasteiger partial charge in [0.15, 0.2) is 0 Å². The van der Waals surface area contributed by atoms with Gasteiger partial charge in [-0.2, -0.15) is 0 Å². The number of nitrogens with one attached hydrogen (secondary N) is 1. The average Bonchev–Trinajstić information content (AvgIpc) is 2.42. The van der Waals surface area contributed by atoms with Crippen LogP contribution < -0.4 is 11.1 Å². The van der Waals surface area contributed by atoms with Crippen molar-refractivity contribution in [3.8, 4) is 0 Å². The summed E-state index contributed by atoms with van der Waals surface area (Å²) in [7, 11) is 0. The van der Waals surface area contributed by atoms with Crippen LogP contribution >= 0.6 is 0 Å². The smallest absolute Gasteiger partial charge is 0.251 e. The van der Waals surface area contributed by atoms with Gasteiger partial charge in [-0.1, -0.05) is 13.0 Å². The lowest BCUT2D eigenvalue weighted by Gasteiger charge is -2.30. The van der Waals surface area contributed by atoms with Crippen molar-refractivity contribution in [1.82, 2.24) is 10.2 Å². The standard InChI is InChI=1S/C17H27N3O/c1-12(2)19-17(21)14-4-5-15(16(18)10-14)11-20-8-6-13(3)7-9-20/h4-5,10,12-13H,6-9,11,18H2,1-3H3,(H,19,21). The molecule has 1 aliphatic rings. The van der Waals surface area contributed by atoms with E-state index in [1.165, 1.54) is 12.8 Å². The Hall–Kier alpha value is -1.55. The Morgan fingerprint density at radius 2 is 2.05 bits per heavy atom. The number of rotatable bonds is 4. The number of likely N-dealkylation sites (tertiary alicyclic amines) is 1. The van der Waals surface area contributed by atoms with Gasteiger partial charge in [0.05, 0.1) is 0 Å². The van der Waals surface area contributed by atoms with Crippen LogP contribution in [-0.2, 0) is 6.54 Å². The predicted octanol–water partition coefficient (Wildman–Crippen LogP) is 2.64. The fourth-order valence-corrected chi connectivity index (χ4v) is 2.69. The fraction of sp³-hybridized carbons (Fsp3) is 0.588. The van der Waals surface area contributed by atoms with E-state index >= 15 is 0 Å². The zero-order chi connectivity index (χ0) is 15.4. The van der Waals surface area contributed by atoms with E-state index in [1.807, 2.05) is 26.0 Å².